The molecule has 0 aliphatic carbocycles. The summed E-state index contributed by atoms with van der Waals surface area (Å²) in [5, 5.41) is 0. The lowest BCUT2D eigenvalue weighted by molar-refractivity contribution is 0.380. The number of hydrogen-bond acceptors (Lipinski definition) is 0. The third-order valence-corrected chi connectivity index (χ3v) is 0.197. The van der Waals surface area contributed by atoms with Crippen molar-refractivity contribution in [3.8, 4) is 0 Å². The van der Waals surface area contributed by atoms with Gasteiger partial charge in [0.05, 0.1) is 6.33 Å². The fourth-order valence-corrected chi connectivity index (χ4v) is 0. The van der Waals surface area contributed by atoms with Gasteiger partial charge in [-0.3, -0.25) is 0 Å². The Kier molecular flexibility index (Phi) is 21.0. The first-order valence-electron chi connectivity index (χ1n) is 2.16. The Morgan fingerprint density at radius 2 is 1.50 bits per heavy atom. The normalized spacial score (nSPS) is 8.50. The van der Waals surface area contributed by atoms with Crippen LogP contribution in [-0.4, -0.2) is 13.3 Å². The lowest BCUT2D eigenvalue weighted by Gasteiger charge is -1.61. The number of halogens is 3. The summed E-state index contributed by atoms with van der Waals surface area (Å²) in [5.41, 5.74) is 0. The zero-order chi connectivity index (χ0) is 6.83. The molecule has 8 heavy (non-hydrogen) atoms. The predicted octanol–water partition coefficient (Wildman–Crippen LogP) is 2.41. The van der Waals surface area contributed by atoms with Gasteiger partial charge in [-0.25, -0.2) is 13.2 Å². The van der Waals surface area contributed by atoms with Crippen molar-refractivity contribution in [1.82, 2.24) is 0 Å². The largest absolute Gasteiger partial charge is 0.248 e. The number of allylic oxidation sites excluding steroid dienone is 1. The smallest absolute Gasteiger partial charge is 0.118 e. The summed E-state index contributed by atoms with van der Waals surface area (Å²) < 4.78 is 31.2. The Bertz CT molecular complexity index is 36.9. The van der Waals surface area contributed by atoms with Crippen molar-refractivity contribution in [2.24, 2.45) is 0 Å². The van der Waals surface area contributed by atoms with Gasteiger partial charge in [-0.1, -0.05) is 6.08 Å². The van der Waals surface area contributed by atoms with Gasteiger partial charge in [0.15, 0.2) is 0 Å². The first-order valence-corrected chi connectivity index (χ1v) is 2.16. The molecule has 0 nitrogen and oxygen atoms in total. The summed E-state index contributed by atoms with van der Waals surface area (Å²) in [7, 11) is 0. The topological polar surface area (TPSA) is 0 Å². The van der Waals surface area contributed by atoms with Crippen LogP contribution in [0.2, 0.25) is 0 Å². The van der Waals surface area contributed by atoms with Gasteiger partial charge in [0, 0.05) is 0 Å². The minimum absolute atomic E-state index is 0.500. The van der Waals surface area contributed by atoms with E-state index in [1.165, 1.54) is 6.08 Å². The molecule has 50 valence electrons. The molecule has 0 aromatic heterocycles. The van der Waals surface area contributed by atoms with Crippen LogP contribution in [0.25, 0.3) is 0 Å². The number of rotatable bonds is 1. The van der Waals surface area contributed by atoms with Crippen molar-refractivity contribution in [3.05, 3.63) is 12.4 Å². The Balaban J connectivity index is 0. The third-order valence-electron chi connectivity index (χ3n) is 0.197. The second-order valence-corrected chi connectivity index (χ2v) is 0.837. The minimum Gasteiger partial charge on any atom is -0.248 e. The van der Waals surface area contributed by atoms with Crippen LogP contribution in [0, 0.1) is 0 Å². The first-order chi connectivity index (χ1) is 3.83. The van der Waals surface area contributed by atoms with Gasteiger partial charge in [0.2, 0.25) is 0 Å². The molecule has 0 atom stereocenters. The molecule has 0 amide bonds. The maximum atomic E-state index is 10.5. The van der Waals surface area contributed by atoms with Crippen LogP contribution in [-0.2, 0) is 0 Å². The van der Waals surface area contributed by atoms with Gasteiger partial charge >= 0.3 is 0 Å². The van der Waals surface area contributed by atoms with E-state index in [0.717, 1.165) is 0 Å². The van der Waals surface area contributed by atoms with Gasteiger partial charge in [0.1, 0.15) is 13.3 Å². The van der Waals surface area contributed by atoms with Crippen LogP contribution in [0.4, 0.5) is 13.2 Å². The van der Waals surface area contributed by atoms with Crippen LogP contribution >= 0.6 is 0 Å². The lowest BCUT2D eigenvalue weighted by atomic mass is 10.8. The standard InChI is InChI=1S/C3H5F.C2H4F2/c1-2-3-4;3-1-2-4/h2-3H,1H3;1-2H2. The van der Waals surface area contributed by atoms with Crippen LogP contribution in [0.5, 0.6) is 0 Å². The van der Waals surface area contributed by atoms with Gasteiger partial charge in [-0.15, -0.1) is 0 Å². The molecule has 0 radical (unpaired) electrons. The molecule has 0 fully saturated rings. The molecular formula is C5H9F3. The van der Waals surface area contributed by atoms with Crippen molar-refractivity contribution in [2.75, 3.05) is 13.3 Å². The molecule has 0 unspecified atom stereocenters. The van der Waals surface area contributed by atoms with Crippen LogP contribution < -0.4 is 0 Å². The van der Waals surface area contributed by atoms with Crippen molar-refractivity contribution < 1.29 is 13.2 Å². The van der Waals surface area contributed by atoms with Crippen LogP contribution in [0.1, 0.15) is 6.92 Å². The van der Waals surface area contributed by atoms with Gasteiger partial charge in [0.25, 0.3) is 0 Å². The fourth-order valence-electron chi connectivity index (χ4n) is 0. The lowest BCUT2D eigenvalue weighted by Crippen LogP contribution is -1.68. The number of hydrogen-bond donors (Lipinski definition) is 0. The molecule has 0 saturated carbocycles. The molecule has 0 aliphatic heterocycles. The van der Waals surface area contributed by atoms with E-state index in [1.54, 1.807) is 6.92 Å². The number of alkyl halides is 2. The molecule has 0 rings (SSSR count). The van der Waals surface area contributed by atoms with Crippen LogP contribution in [0.3, 0.4) is 0 Å². The Morgan fingerprint density at radius 3 is 1.50 bits per heavy atom. The van der Waals surface area contributed by atoms with Crippen molar-refractivity contribution in [3.63, 3.8) is 0 Å². The van der Waals surface area contributed by atoms with E-state index >= 15 is 0 Å². The Morgan fingerprint density at radius 1 is 1.25 bits per heavy atom. The first kappa shape index (κ1) is 10.5. The second kappa shape index (κ2) is 16.0. The van der Waals surface area contributed by atoms with E-state index < -0.39 is 13.3 Å². The molecule has 0 saturated heterocycles. The average Bonchev–Trinajstić information content (AvgIpc) is 1.88. The minimum atomic E-state index is -0.847. The fraction of sp³-hybridized carbons (Fsp3) is 0.600. The summed E-state index contributed by atoms with van der Waals surface area (Å²) in [6.45, 7) is -0.0694. The quantitative estimate of drug-likeness (QED) is 0.506. The predicted molar refractivity (Wildman–Crippen MR) is 27.9 cm³/mol. The summed E-state index contributed by atoms with van der Waals surface area (Å²) >= 11 is 0. The SMILES string of the molecule is CC=CF.FCCF. The zero-order valence-electron chi connectivity index (χ0n) is 4.70. The van der Waals surface area contributed by atoms with E-state index in [-0.39, 0.29) is 0 Å². The second-order valence-electron chi connectivity index (χ2n) is 0.837. The maximum absolute atomic E-state index is 10.5. The van der Waals surface area contributed by atoms with Crippen LogP contribution in [0.15, 0.2) is 12.4 Å². The van der Waals surface area contributed by atoms with E-state index in [1.807, 2.05) is 0 Å². The molecule has 0 aromatic rings. The maximum Gasteiger partial charge on any atom is 0.118 e. The van der Waals surface area contributed by atoms with Gasteiger partial charge in [-0.05, 0) is 6.92 Å². The highest BCUT2D eigenvalue weighted by Crippen LogP contribution is 1.63. The van der Waals surface area contributed by atoms with Crippen molar-refractivity contribution in [1.29, 1.82) is 0 Å². The van der Waals surface area contributed by atoms with E-state index in [0.29, 0.717) is 6.33 Å². The molecule has 0 heterocycles. The molecule has 0 aromatic carbocycles. The van der Waals surface area contributed by atoms with E-state index in [2.05, 4.69) is 0 Å². The molecule has 0 N–H and O–H groups in total. The Labute approximate surface area is 47.0 Å². The highest BCUT2D eigenvalue weighted by atomic mass is 19.2. The molecular weight excluding hydrogens is 117 g/mol. The van der Waals surface area contributed by atoms with E-state index in [9.17, 15) is 13.2 Å². The summed E-state index contributed by atoms with van der Waals surface area (Å²) in [5.74, 6) is 0. The average molecular weight is 126 g/mol. The van der Waals surface area contributed by atoms with Crippen molar-refractivity contribution in [2.45, 2.75) is 6.92 Å². The summed E-state index contributed by atoms with van der Waals surface area (Å²) in [4.78, 5) is 0. The molecule has 0 spiro atoms. The summed E-state index contributed by atoms with van der Waals surface area (Å²) in [6.07, 6.45) is 1.83. The summed E-state index contributed by atoms with van der Waals surface area (Å²) in [6, 6.07) is 0. The monoisotopic (exact) mass is 126 g/mol. The highest BCUT2D eigenvalue weighted by Gasteiger charge is 1.65. The zero-order valence-corrected chi connectivity index (χ0v) is 4.70. The highest BCUT2D eigenvalue weighted by molar-refractivity contribution is 4.61. The van der Waals surface area contributed by atoms with Gasteiger partial charge < -0.3 is 0 Å². The molecule has 3 heteroatoms. The van der Waals surface area contributed by atoms with Gasteiger partial charge in [-0.2, -0.15) is 0 Å². The molecule has 0 bridgehead atoms. The van der Waals surface area contributed by atoms with E-state index in [4.69, 9.17) is 0 Å². The Hall–Kier alpha value is -0.470. The third kappa shape index (κ3) is 48.5. The van der Waals surface area contributed by atoms with Crippen molar-refractivity contribution >= 4 is 0 Å². The molecule has 0 aliphatic rings.